The van der Waals surface area contributed by atoms with Crippen LogP contribution in [0, 0.1) is 6.92 Å². The molecule has 2 N–H and O–H groups in total. The van der Waals surface area contributed by atoms with Gasteiger partial charge >= 0.3 is 6.03 Å². The Kier molecular flexibility index (Phi) is 6.55. The van der Waals surface area contributed by atoms with E-state index in [1.807, 2.05) is 31.2 Å². The summed E-state index contributed by atoms with van der Waals surface area (Å²) in [5, 5.41) is 15.5. The topological polar surface area (TPSA) is 71.8 Å². The number of hydrogen-bond acceptors (Lipinski definition) is 4. The molecule has 1 aromatic carbocycles. The Morgan fingerprint density at radius 3 is 2.85 bits per heavy atom. The number of aromatic nitrogens is 3. The quantitative estimate of drug-likeness (QED) is 0.564. The Balaban J connectivity index is 1.47. The van der Waals surface area contributed by atoms with Crippen molar-refractivity contribution in [3.05, 3.63) is 35.7 Å². The predicted octanol–water partition coefficient (Wildman–Crippen LogP) is 4.18. The fraction of sp³-hybridized carbons (Fsp3) is 0.526. The van der Waals surface area contributed by atoms with Crippen LogP contribution in [0.4, 0.5) is 10.5 Å². The standard InChI is InChI=1S/C19H27N5OS/c1-14-7-5-8-15(13-14)21-18(25)20-12-6-11-17-22-23-19(26-2)24(17)16-9-3-4-10-16/h5,7-8,13,16H,3-4,6,9-12H2,1-2H3,(H2,20,21,25). The molecule has 0 bridgehead atoms. The highest BCUT2D eigenvalue weighted by atomic mass is 32.2. The minimum atomic E-state index is -0.169. The number of amides is 2. The molecule has 1 fully saturated rings. The number of carbonyl (C=O) groups excluding carboxylic acids is 1. The fourth-order valence-electron chi connectivity index (χ4n) is 3.49. The number of hydrogen-bond donors (Lipinski definition) is 2. The zero-order valence-corrected chi connectivity index (χ0v) is 16.3. The van der Waals surface area contributed by atoms with Crippen molar-refractivity contribution in [1.29, 1.82) is 0 Å². The van der Waals surface area contributed by atoms with Crippen molar-refractivity contribution in [1.82, 2.24) is 20.1 Å². The average molecular weight is 374 g/mol. The van der Waals surface area contributed by atoms with Crippen molar-refractivity contribution in [2.75, 3.05) is 18.1 Å². The number of rotatable bonds is 7. The van der Waals surface area contributed by atoms with E-state index in [2.05, 4.69) is 31.7 Å². The number of nitrogens with one attached hydrogen (secondary N) is 2. The maximum absolute atomic E-state index is 12.0. The van der Waals surface area contributed by atoms with Gasteiger partial charge < -0.3 is 15.2 Å². The van der Waals surface area contributed by atoms with Crippen LogP contribution in [0.3, 0.4) is 0 Å². The summed E-state index contributed by atoms with van der Waals surface area (Å²) in [6.45, 7) is 2.62. The van der Waals surface area contributed by atoms with E-state index >= 15 is 0 Å². The Labute approximate surface area is 159 Å². The van der Waals surface area contributed by atoms with Crippen LogP contribution >= 0.6 is 11.8 Å². The molecule has 6 nitrogen and oxygen atoms in total. The first-order valence-electron chi connectivity index (χ1n) is 9.26. The molecule has 0 radical (unpaired) electrons. The van der Waals surface area contributed by atoms with E-state index in [0.29, 0.717) is 12.6 Å². The van der Waals surface area contributed by atoms with E-state index in [-0.39, 0.29) is 6.03 Å². The van der Waals surface area contributed by atoms with Gasteiger partial charge in [0.1, 0.15) is 5.82 Å². The number of carbonyl (C=O) groups is 1. The summed E-state index contributed by atoms with van der Waals surface area (Å²) in [5.74, 6) is 1.04. The molecule has 0 saturated heterocycles. The first kappa shape index (κ1) is 18.8. The van der Waals surface area contributed by atoms with Crippen LogP contribution in [0.5, 0.6) is 0 Å². The lowest BCUT2D eigenvalue weighted by Gasteiger charge is -2.16. The van der Waals surface area contributed by atoms with Crippen molar-refractivity contribution >= 4 is 23.5 Å². The molecule has 3 rings (SSSR count). The van der Waals surface area contributed by atoms with E-state index < -0.39 is 0 Å². The maximum atomic E-state index is 12.0. The molecule has 1 heterocycles. The molecular weight excluding hydrogens is 346 g/mol. The molecule has 2 aromatic rings. The largest absolute Gasteiger partial charge is 0.338 e. The van der Waals surface area contributed by atoms with Gasteiger partial charge in [0.2, 0.25) is 0 Å². The number of aryl methyl sites for hydroxylation is 2. The summed E-state index contributed by atoms with van der Waals surface area (Å²) in [6.07, 6.45) is 8.74. The van der Waals surface area contributed by atoms with Crippen LogP contribution in [0.15, 0.2) is 29.4 Å². The van der Waals surface area contributed by atoms with Crippen molar-refractivity contribution in [3.8, 4) is 0 Å². The third-order valence-corrected chi connectivity index (χ3v) is 5.39. The SMILES string of the molecule is CSc1nnc(CCCNC(=O)Nc2cccc(C)c2)n1C1CCCC1. The molecule has 1 aliphatic carbocycles. The van der Waals surface area contributed by atoms with E-state index in [1.165, 1.54) is 25.7 Å². The lowest BCUT2D eigenvalue weighted by atomic mass is 10.2. The van der Waals surface area contributed by atoms with Crippen molar-refractivity contribution in [3.63, 3.8) is 0 Å². The third-order valence-electron chi connectivity index (χ3n) is 4.75. The summed E-state index contributed by atoms with van der Waals surface area (Å²) in [6, 6.07) is 8.16. The molecule has 0 unspecified atom stereocenters. The van der Waals surface area contributed by atoms with Crippen LogP contribution in [0.25, 0.3) is 0 Å². The van der Waals surface area contributed by atoms with Crippen LogP contribution in [-0.2, 0) is 6.42 Å². The number of benzene rings is 1. The Morgan fingerprint density at radius 2 is 2.12 bits per heavy atom. The zero-order valence-electron chi connectivity index (χ0n) is 15.5. The molecule has 0 atom stereocenters. The molecular formula is C19H27N5OS. The summed E-state index contributed by atoms with van der Waals surface area (Å²) in [4.78, 5) is 12.0. The van der Waals surface area contributed by atoms with Gasteiger partial charge in [0, 0.05) is 24.7 Å². The third kappa shape index (κ3) is 4.78. The molecule has 2 amide bonds. The summed E-state index contributed by atoms with van der Waals surface area (Å²) in [7, 11) is 0. The molecule has 26 heavy (non-hydrogen) atoms. The molecule has 1 aliphatic rings. The summed E-state index contributed by atoms with van der Waals surface area (Å²) >= 11 is 1.66. The number of urea groups is 1. The molecule has 7 heteroatoms. The van der Waals surface area contributed by atoms with Gasteiger partial charge in [-0.05, 0) is 50.1 Å². The van der Waals surface area contributed by atoms with E-state index in [1.54, 1.807) is 11.8 Å². The monoisotopic (exact) mass is 373 g/mol. The van der Waals surface area contributed by atoms with Gasteiger partial charge in [-0.2, -0.15) is 0 Å². The van der Waals surface area contributed by atoms with Gasteiger partial charge in [-0.1, -0.05) is 36.7 Å². The van der Waals surface area contributed by atoms with Gasteiger partial charge in [0.05, 0.1) is 0 Å². The molecule has 0 spiro atoms. The van der Waals surface area contributed by atoms with Crippen molar-refractivity contribution < 1.29 is 4.79 Å². The highest BCUT2D eigenvalue weighted by molar-refractivity contribution is 7.98. The van der Waals surface area contributed by atoms with Gasteiger partial charge in [-0.15, -0.1) is 10.2 Å². The average Bonchev–Trinajstić information content (AvgIpc) is 3.27. The highest BCUT2D eigenvalue weighted by Gasteiger charge is 2.23. The minimum Gasteiger partial charge on any atom is -0.338 e. The maximum Gasteiger partial charge on any atom is 0.319 e. The predicted molar refractivity (Wildman–Crippen MR) is 106 cm³/mol. The summed E-state index contributed by atoms with van der Waals surface area (Å²) in [5.41, 5.74) is 1.94. The van der Waals surface area contributed by atoms with Gasteiger partial charge in [0.15, 0.2) is 5.16 Å². The Morgan fingerprint density at radius 1 is 1.31 bits per heavy atom. The fourth-order valence-corrected chi connectivity index (χ4v) is 4.07. The number of anilines is 1. The van der Waals surface area contributed by atoms with E-state index in [0.717, 1.165) is 35.1 Å². The van der Waals surface area contributed by atoms with Crippen LogP contribution in [0.1, 0.15) is 49.5 Å². The lowest BCUT2D eigenvalue weighted by molar-refractivity contribution is 0.252. The Hall–Kier alpha value is -2.02. The van der Waals surface area contributed by atoms with Crippen molar-refractivity contribution in [2.24, 2.45) is 0 Å². The van der Waals surface area contributed by atoms with Crippen LogP contribution in [0.2, 0.25) is 0 Å². The molecule has 0 aliphatic heterocycles. The molecule has 1 aromatic heterocycles. The van der Waals surface area contributed by atoms with Gasteiger partial charge in [-0.25, -0.2) is 4.79 Å². The van der Waals surface area contributed by atoms with Crippen LogP contribution in [-0.4, -0.2) is 33.6 Å². The summed E-state index contributed by atoms with van der Waals surface area (Å²) < 4.78 is 2.32. The van der Waals surface area contributed by atoms with Crippen molar-refractivity contribution in [2.45, 2.75) is 56.6 Å². The van der Waals surface area contributed by atoms with E-state index in [9.17, 15) is 4.79 Å². The zero-order chi connectivity index (χ0) is 18.4. The molecule has 140 valence electrons. The smallest absolute Gasteiger partial charge is 0.319 e. The lowest BCUT2D eigenvalue weighted by Crippen LogP contribution is -2.29. The van der Waals surface area contributed by atoms with Gasteiger partial charge in [0.25, 0.3) is 0 Å². The first-order chi connectivity index (χ1) is 12.7. The Bertz CT molecular complexity index is 739. The number of thioether (sulfide) groups is 1. The second kappa shape index (κ2) is 9.07. The number of nitrogens with zero attached hydrogens (tertiary/aromatic N) is 3. The van der Waals surface area contributed by atoms with Crippen LogP contribution < -0.4 is 10.6 Å². The second-order valence-electron chi connectivity index (χ2n) is 6.77. The molecule has 1 saturated carbocycles. The first-order valence-corrected chi connectivity index (χ1v) is 10.5. The highest BCUT2D eigenvalue weighted by Crippen LogP contribution is 2.33. The second-order valence-corrected chi connectivity index (χ2v) is 7.54. The normalized spacial score (nSPS) is 14.5. The minimum absolute atomic E-state index is 0.169. The van der Waals surface area contributed by atoms with Gasteiger partial charge in [-0.3, -0.25) is 0 Å². The van der Waals surface area contributed by atoms with E-state index in [4.69, 9.17) is 0 Å².